The highest BCUT2D eigenvalue weighted by Gasteiger charge is 2.10. The molecule has 0 aliphatic rings. The second-order valence-electron chi connectivity index (χ2n) is 5.13. The van der Waals surface area contributed by atoms with E-state index in [9.17, 15) is 4.79 Å². The summed E-state index contributed by atoms with van der Waals surface area (Å²) >= 11 is 13.5. The first-order valence-corrected chi connectivity index (χ1v) is 9.04. The number of nitrogens with zero attached hydrogens (tertiary/aromatic N) is 2. The lowest BCUT2D eigenvalue weighted by molar-refractivity contribution is 0.102. The van der Waals surface area contributed by atoms with Crippen LogP contribution in [0, 0.1) is 6.92 Å². The van der Waals surface area contributed by atoms with Crippen molar-refractivity contribution in [2.24, 2.45) is 0 Å². The summed E-state index contributed by atoms with van der Waals surface area (Å²) in [7, 11) is 0. The van der Waals surface area contributed by atoms with Crippen molar-refractivity contribution in [3.63, 3.8) is 0 Å². The Balaban J connectivity index is 1.62. The molecule has 2 aromatic carbocycles. The normalized spacial score (nSPS) is 10.7. The molecule has 8 heteroatoms. The fraction of sp³-hybridized carbons (Fsp3) is 0.118. The van der Waals surface area contributed by atoms with Gasteiger partial charge in [0.25, 0.3) is 5.91 Å². The molecule has 0 spiro atoms. The highest BCUT2D eigenvalue weighted by atomic mass is 35.5. The Hall–Kier alpha value is -2.02. The third-order valence-electron chi connectivity index (χ3n) is 3.23. The monoisotopic (exact) mass is 393 g/mol. The molecular weight excluding hydrogens is 381 g/mol. The summed E-state index contributed by atoms with van der Waals surface area (Å²) < 4.78 is 5.07. The van der Waals surface area contributed by atoms with Crippen LogP contribution in [0.15, 0.2) is 51.9 Å². The Morgan fingerprint density at radius 3 is 2.60 bits per heavy atom. The van der Waals surface area contributed by atoms with E-state index in [0.717, 1.165) is 4.90 Å². The zero-order valence-electron chi connectivity index (χ0n) is 13.1. The topological polar surface area (TPSA) is 68.0 Å². The minimum atomic E-state index is -0.242. The number of aryl methyl sites for hydroxylation is 1. The van der Waals surface area contributed by atoms with Gasteiger partial charge in [0.15, 0.2) is 5.82 Å². The van der Waals surface area contributed by atoms with Crippen LogP contribution in [0.1, 0.15) is 22.1 Å². The van der Waals surface area contributed by atoms with E-state index in [-0.39, 0.29) is 5.91 Å². The van der Waals surface area contributed by atoms with E-state index in [0.29, 0.717) is 38.8 Å². The molecule has 3 rings (SSSR count). The molecule has 3 aromatic rings. The number of carbonyl (C=O) groups excluding carboxylic acids is 1. The van der Waals surface area contributed by atoms with Gasteiger partial charge in [-0.3, -0.25) is 4.79 Å². The Labute approximate surface area is 158 Å². The van der Waals surface area contributed by atoms with Crippen molar-refractivity contribution >= 4 is 46.6 Å². The van der Waals surface area contributed by atoms with Crippen LogP contribution in [0.4, 0.5) is 5.69 Å². The molecule has 1 N–H and O–H groups in total. The average Bonchev–Trinajstić information content (AvgIpc) is 3.01. The van der Waals surface area contributed by atoms with Gasteiger partial charge in [0.05, 0.1) is 16.5 Å². The van der Waals surface area contributed by atoms with Crippen LogP contribution in [0.25, 0.3) is 0 Å². The molecule has 0 radical (unpaired) electrons. The van der Waals surface area contributed by atoms with Crippen LogP contribution in [-0.2, 0) is 5.75 Å². The predicted molar refractivity (Wildman–Crippen MR) is 99.5 cm³/mol. The molecule has 0 saturated carbocycles. The van der Waals surface area contributed by atoms with Crippen molar-refractivity contribution in [2.45, 2.75) is 17.6 Å². The molecule has 128 valence electrons. The summed E-state index contributed by atoms with van der Waals surface area (Å²) in [5, 5.41) is 7.42. The second kappa shape index (κ2) is 7.91. The Morgan fingerprint density at radius 2 is 1.96 bits per heavy atom. The van der Waals surface area contributed by atoms with E-state index in [1.54, 1.807) is 49.0 Å². The van der Waals surface area contributed by atoms with Gasteiger partial charge in [0, 0.05) is 15.5 Å². The number of hydrogen-bond acceptors (Lipinski definition) is 5. The van der Waals surface area contributed by atoms with Crippen molar-refractivity contribution in [1.29, 1.82) is 0 Å². The molecule has 0 aliphatic carbocycles. The minimum Gasteiger partial charge on any atom is -0.338 e. The summed E-state index contributed by atoms with van der Waals surface area (Å²) in [6.07, 6.45) is 0. The van der Waals surface area contributed by atoms with E-state index in [1.807, 2.05) is 12.1 Å². The smallest absolute Gasteiger partial charge is 0.255 e. The van der Waals surface area contributed by atoms with Gasteiger partial charge in [0.2, 0.25) is 5.89 Å². The largest absolute Gasteiger partial charge is 0.338 e. The minimum absolute atomic E-state index is 0.242. The molecule has 25 heavy (non-hydrogen) atoms. The van der Waals surface area contributed by atoms with Crippen molar-refractivity contribution < 1.29 is 9.32 Å². The van der Waals surface area contributed by atoms with Crippen LogP contribution >= 0.6 is 35.0 Å². The van der Waals surface area contributed by atoms with Crippen molar-refractivity contribution in [1.82, 2.24) is 10.1 Å². The number of thioether (sulfide) groups is 1. The van der Waals surface area contributed by atoms with E-state index < -0.39 is 0 Å². The number of benzene rings is 2. The molecule has 0 saturated heterocycles. The molecule has 0 fully saturated rings. The van der Waals surface area contributed by atoms with Gasteiger partial charge < -0.3 is 9.84 Å². The molecule has 0 bridgehead atoms. The third-order valence-corrected chi connectivity index (χ3v) is 4.77. The molecule has 5 nitrogen and oxygen atoms in total. The second-order valence-corrected chi connectivity index (χ2v) is 7.02. The number of rotatable bonds is 5. The van der Waals surface area contributed by atoms with E-state index in [2.05, 4.69) is 15.5 Å². The van der Waals surface area contributed by atoms with Gasteiger partial charge in [0.1, 0.15) is 0 Å². The van der Waals surface area contributed by atoms with Gasteiger partial charge in [-0.15, -0.1) is 11.8 Å². The molecule has 0 aliphatic heterocycles. The zero-order valence-corrected chi connectivity index (χ0v) is 15.5. The number of carbonyl (C=O) groups is 1. The van der Waals surface area contributed by atoms with Crippen LogP contribution in [0.5, 0.6) is 0 Å². The van der Waals surface area contributed by atoms with Gasteiger partial charge in [-0.25, -0.2) is 0 Å². The lowest BCUT2D eigenvalue weighted by atomic mass is 10.2. The average molecular weight is 394 g/mol. The quantitative estimate of drug-likeness (QED) is 0.601. The number of nitrogens with one attached hydrogen (secondary N) is 1. The molecular formula is C17H13Cl2N3O2S. The third kappa shape index (κ3) is 4.75. The Kier molecular flexibility index (Phi) is 5.63. The van der Waals surface area contributed by atoms with Crippen LogP contribution in [0.3, 0.4) is 0 Å². The lowest BCUT2D eigenvalue weighted by Crippen LogP contribution is -2.12. The standard InChI is InChI=1S/C17H13Cl2N3O2S/c1-10-20-16(24-22-10)9-25-13-5-2-11(3-6-13)17(23)21-15-7-4-12(18)8-14(15)19/h2-8H,9H2,1H3,(H,21,23). The lowest BCUT2D eigenvalue weighted by Gasteiger charge is -2.08. The van der Waals surface area contributed by atoms with Gasteiger partial charge in [-0.1, -0.05) is 28.4 Å². The maximum Gasteiger partial charge on any atom is 0.255 e. The fourth-order valence-corrected chi connectivity index (χ4v) is 3.22. The molecule has 0 unspecified atom stereocenters. The number of aromatic nitrogens is 2. The van der Waals surface area contributed by atoms with Crippen LogP contribution < -0.4 is 5.32 Å². The molecule has 0 atom stereocenters. The molecule has 1 heterocycles. The van der Waals surface area contributed by atoms with Gasteiger partial charge >= 0.3 is 0 Å². The Morgan fingerprint density at radius 1 is 1.20 bits per heavy atom. The van der Waals surface area contributed by atoms with E-state index >= 15 is 0 Å². The van der Waals surface area contributed by atoms with Gasteiger partial charge in [-0.2, -0.15) is 4.98 Å². The van der Waals surface area contributed by atoms with E-state index in [4.69, 9.17) is 27.7 Å². The zero-order chi connectivity index (χ0) is 17.8. The van der Waals surface area contributed by atoms with Crippen molar-refractivity contribution in [3.8, 4) is 0 Å². The number of halogens is 2. The van der Waals surface area contributed by atoms with Crippen LogP contribution in [0.2, 0.25) is 10.0 Å². The first-order chi connectivity index (χ1) is 12.0. The first kappa shape index (κ1) is 17.8. The predicted octanol–water partition coefficient (Wildman–Crippen LogP) is 5.23. The van der Waals surface area contributed by atoms with Gasteiger partial charge in [-0.05, 0) is 49.4 Å². The maximum atomic E-state index is 12.3. The van der Waals surface area contributed by atoms with Crippen LogP contribution in [-0.4, -0.2) is 16.0 Å². The molecule has 1 amide bonds. The fourth-order valence-electron chi connectivity index (χ4n) is 2.03. The SMILES string of the molecule is Cc1noc(CSc2ccc(C(=O)Nc3ccc(Cl)cc3Cl)cc2)n1. The first-order valence-electron chi connectivity index (χ1n) is 7.30. The molecule has 1 aromatic heterocycles. The number of anilines is 1. The van der Waals surface area contributed by atoms with Crippen molar-refractivity contribution in [2.75, 3.05) is 5.32 Å². The summed E-state index contributed by atoms with van der Waals surface area (Å²) in [6, 6.07) is 12.2. The highest BCUT2D eigenvalue weighted by Crippen LogP contribution is 2.26. The Bertz CT molecular complexity index is 897. The summed E-state index contributed by atoms with van der Waals surface area (Å²) in [5.41, 5.74) is 1.05. The summed E-state index contributed by atoms with van der Waals surface area (Å²) in [5.74, 6) is 1.52. The van der Waals surface area contributed by atoms with E-state index in [1.165, 1.54) is 0 Å². The van der Waals surface area contributed by atoms with Crippen molar-refractivity contribution in [3.05, 3.63) is 69.8 Å². The number of hydrogen-bond donors (Lipinski definition) is 1. The summed E-state index contributed by atoms with van der Waals surface area (Å²) in [6.45, 7) is 1.78. The summed E-state index contributed by atoms with van der Waals surface area (Å²) in [4.78, 5) is 17.4. The maximum absolute atomic E-state index is 12.3. The highest BCUT2D eigenvalue weighted by molar-refractivity contribution is 7.98. The number of amides is 1.